The fraction of sp³-hybridized carbons (Fsp3) is 0.105. The summed E-state index contributed by atoms with van der Waals surface area (Å²) in [6.45, 7) is 1.78. The molecule has 0 N–H and O–H groups in total. The molecule has 1 aromatic carbocycles. The summed E-state index contributed by atoms with van der Waals surface area (Å²) in [5, 5.41) is 4.44. The van der Waals surface area contributed by atoms with E-state index in [0.29, 0.717) is 21.8 Å². The molecule has 3 heterocycles. The van der Waals surface area contributed by atoms with Crippen LogP contribution >= 0.6 is 11.6 Å². The molecule has 0 bridgehead atoms. The van der Waals surface area contributed by atoms with Crippen molar-refractivity contribution in [2.24, 2.45) is 0 Å². The summed E-state index contributed by atoms with van der Waals surface area (Å²) >= 11 is 6.03. The summed E-state index contributed by atoms with van der Waals surface area (Å²) in [7, 11) is 0. The molecule has 136 valence electrons. The third-order valence-corrected chi connectivity index (χ3v) is 4.58. The molecule has 8 heteroatoms. The predicted octanol–water partition coefficient (Wildman–Crippen LogP) is 5.44. The molecule has 0 aliphatic heterocycles. The maximum Gasteiger partial charge on any atom is 0.433 e. The first-order valence-corrected chi connectivity index (χ1v) is 8.36. The second-order valence-corrected chi connectivity index (χ2v) is 6.40. The summed E-state index contributed by atoms with van der Waals surface area (Å²) < 4.78 is 41.7. The van der Waals surface area contributed by atoms with Crippen molar-refractivity contribution >= 4 is 17.2 Å². The van der Waals surface area contributed by atoms with E-state index in [9.17, 15) is 13.2 Å². The van der Waals surface area contributed by atoms with Gasteiger partial charge in [-0.2, -0.15) is 18.3 Å². The van der Waals surface area contributed by atoms with Gasteiger partial charge in [-0.1, -0.05) is 23.7 Å². The number of hydrogen-bond acceptors (Lipinski definition) is 3. The third kappa shape index (κ3) is 3.14. The van der Waals surface area contributed by atoms with E-state index in [1.165, 1.54) is 6.20 Å². The summed E-state index contributed by atoms with van der Waals surface area (Å²) in [6, 6.07) is 11.2. The Morgan fingerprint density at radius 3 is 2.52 bits per heavy atom. The minimum atomic E-state index is -4.59. The Bertz CT molecular complexity index is 1140. The van der Waals surface area contributed by atoms with E-state index in [2.05, 4.69) is 15.1 Å². The lowest BCUT2D eigenvalue weighted by Gasteiger charge is -2.12. The van der Waals surface area contributed by atoms with Gasteiger partial charge in [-0.05, 0) is 42.8 Å². The molecule has 0 spiro atoms. The largest absolute Gasteiger partial charge is 0.433 e. The Balaban J connectivity index is 2.01. The summed E-state index contributed by atoms with van der Waals surface area (Å²) in [5.41, 5.74) is 1.59. The zero-order valence-electron chi connectivity index (χ0n) is 14.0. The number of hydrogen-bond donors (Lipinski definition) is 0. The van der Waals surface area contributed by atoms with Gasteiger partial charge in [0.1, 0.15) is 0 Å². The number of alkyl halides is 3. The molecule has 0 atom stereocenters. The first kappa shape index (κ1) is 17.5. The molecular weight excluding hydrogens is 377 g/mol. The van der Waals surface area contributed by atoms with E-state index in [-0.39, 0.29) is 11.3 Å². The number of aromatic nitrogens is 4. The van der Waals surface area contributed by atoms with E-state index in [1.54, 1.807) is 49.5 Å². The molecular formula is C19H12ClF3N4. The van der Waals surface area contributed by atoms with Crippen molar-refractivity contribution in [1.82, 2.24) is 19.6 Å². The lowest BCUT2D eigenvalue weighted by Crippen LogP contribution is -2.13. The van der Waals surface area contributed by atoms with Crippen LogP contribution in [0.4, 0.5) is 13.2 Å². The molecule has 4 nitrogen and oxygen atoms in total. The smallest absolute Gasteiger partial charge is 0.256 e. The van der Waals surface area contributed by atoms with E-state index in [1.807, 2.05) is 0 Å². The molecule has 4 rings (SSSR count). The van der Waals surface area contributed by atoms with Crippen LogP contribution < -0.4 is 0 Å². The number of pyridine rings is 1. The number of halogens is 4. The molecule has 0 radical (unpaired) electrons. The molecule has 3 aromatic heterocycles. The molecule has 0 unspecified atom stereocenters. The summed E-state index contributed by atoms with van der Waals surface area (Å²) in [4.78, 5) is 8.64. The van der Waals surface area contributed by atoms with Gasteiger partial charge in [0.2, 0.25) is 0 Å². The first-order valence-electron chi connectivity index (χ1n) is 7.98. The van der Waals surface area contributed by atoms with Gasteiger partial charge in [-0.15, -0.1) is 0 Å². The standard InChI is InChI=1S/C19H12ClF3N4/c1-11-8-12(5-6-14(11)20)16-9-17(19(21,22)23)27-18(26-16)13(10-25-27)15-4-2-3-7-24-15/h2-10H,1H3. The van der Waals surface area contributed by atoms with Crippen molar-refractivity contribution < 1.29 is 13.2 Å². The van der Waals surface area contributed by atoms with Crippen LogP contribution in [0.5, 0.6) is 0 Å². The lowest BCUT2D eigenvalue weighted by molar-refractivity contribution is -0.142. The monoisotopic (exact) mass is 388 g/mol. The van der Waals surface area contributed by atoms with Crippen LogP contribution in [-0.2, 0) is 6.18 Å². The minimum absolute atomic E-state index is 0.0890. The van der Waals surface area contributed by atoms with E-state index in [0.717, 1.165) is 16.1 Å². The topological polar surface area (TPSA) is 43.1 Å². The minimum Gasteiger partial charge on any atom is -0.256 e. The molecule has 4 aromatic rings. The summed E-state index contributed by atoms with van der Waals surface area (Å²) in [6.07, 6.45) is -1.68. The van der Waals surface area contributed by atoms with Crippen molar-refractivity contribution in [2.75, 3.05) is 0 Å². The van der Waals surface area contributed by atoms with E-state index >= 15 is 0 Å². The molecule has 0 fully saturated rings. The van der Waals surface area contributed by atoms with Crippen LogP contribution in [0.15, 0.2) is 54.9 Å². The van der Waals surface area contributed by atoms with Gasteiger partial charge < -0.3 is 0 Å². The van der Waals surface area contributed by atoms with E-state index in [4.69, 9.17) is 11.6 Å². The second-order valence-electron chi connectivity index (χ2n) is 6.00. The van der Waals surface area contributed by atoms with Gasteiger partial charge >= 0.3 is 6.18 Å². The van der Waals surface area contributed by atoms with Gasteiger partial charge in [0.15, 0.2) is 11.3 Å². The predicted molar refractivity (Wildman–Crippen MR) is 96.4 cm³/mol. The van der Waals surface area contributed by atoms with Crippen LogP contribution in [-0.4, -0.2) is 19.6 Å². The van der Waals surface area contributed by atoms with Gasteiger partial charge in [0.05, 0.1) is 23.1 Å². The van der Waals surface area contributed by atoms with Crippen LogP contribution in [0, 0.1) is 6.92 Å². The molecule has 0 amide bonds. The lowest BCUT2D eigenvalue weighted by atomic mass is 10.1. The first-order chi connectivity index (χ1) is 12.8. The number of rotatable bonds is 2. The van der Waals surface area contributed by atoms with E-state index < -0.39 is 11.9 Å². The Labute approximate surface area is 157 Å². The molecule has 0 aliphatic carbocycles. The molecule has 27 heavy (non-hydrogen) atoms. The quantitative estimate of drug-likeness (QED) is 0.459. The SMILES string of the molecule is Cc1cc(-c2cc(C(F)(F)F)n3ncc(-c4ccccn4)c3n2)ccc1Cl. The Kier molecular flexibility index (Phi) is 4.11. The Morgan fingerprint density at radius 2 is 1.85 bits per heavy atom. The van der Waals surface area contributed by atoms with Crippen LogP contribution in [0.1, 0.15) is 11.3 Å². The Hall–Kier alpha value is -2.93. The Morgan fingerprint density at radius 1 is 1.04 bits per heavy atom. The van der Waals surface area contributed by atoms with Crippen molar-refractivity contribution in [3.63, 3.8) is 0 Å². The van der Waals surface area contributed by atoms with Crippen LogP contribution in [0.25, 0.3) is 28.2 Å². The van der Waals surface area contributed by atoms with Gasteiger partial charge in [0, 0.05) is 16.8 Å². The second kappa shape index (κ2) is 6.35. The maximum atomic E-state index is 13.6. The number of benzene rings is 1. The van der Waals surface area contributed by atoms with Crippen LogP contribution in [0.3, 0.4) is 0 Å². The van der Waals surface area contributed by atoms with Gasteiger partial charge in [-0.3, -0.25) is 4.98 Å². The molecule has 0 saturated carbocycles. The average Bonchev–Trinajstić information content (AvgIpc) is 3.07. The van der Waals surface area contributed by atoms with Crippen molar-refractivity contribution in [3.8, 4) is 22.5 Å². The zero-order chi connectivity index (χ0) is 19.2. The van der Waals surface area contributed by atoms with Crippen molar-refractivity contribution in [3.05, 3.63) is 71.1 Å². The number of fused-ring (bicyclic) bond motifs is 1. The highest BCUT2D eigenvalue weighted by Gasteiger charge is 2.35. The fourth-order valence-electron chi connectivity index (χ4n) is 2.82. The highest BCUT2D eigenvalue weighted by atomic mass is 35.5. The number of aryl methyl sites for hydroxylation is 1. The highest BCUT2D eigenvalue weighted by Crippen LogP contribution is 2.34. The third-order valence-electron chi connectivity index (χ3n) is 4.16. The zero-order valence-corrected chi connectivity index (χ0v) is 14.8. The highest BCUT2D eigenvalue weighted by molar-refractivity contribution is 6.31. The summed E-state index contributed by atoms with van der Waals surface area (Å²) in [5.74, 6) is 0. The normalized spacial score (nSPS) is 11.9. The number of nitrogens with zero attached hydrogens (tertiary/aromatic N) is 4. The molecule has 0 aliphatic rings. The van der Waals surface area contributed by atoms with Gasteiger partial charge in [-0.25, -0.2) is 9.50 Å². The molecule has 0 saturated heterocycles. The maximum absolute atomic E-state index is 13.6. The van der Waals surface area contributed by atoms with Gasteiger partial charge in [0.25, 0.3) is 0 Å². The average molecular weight is 389 g/mol. The van der Waals surface area contributed by atoms with Crippen molar-refractivity contribution in [2.45, 2.75) is 13.1 Å². The fourth-order valence-corrected chi connectivity index (χ4v) is 2.94. The van der Waals surface area contributed by atoms with Crippen LogP contribution in [0.2, 0.25) is 5.02 Å². The van der Waals surface area contributed by atoms with Crippen molar-refractivity contribution in [1.29, 1.82) is 0 Å².